The third kappa shape index (κ3) is 5.71. The maximum atomic E-state index is 2.50. The Morgan fingerprint density at radius 1 is 0.186 bits per heavy atom. The number of rotatable bonds is 6. The lowest BCUT2D eigenvalue weighted by Gasteiger charge is -2.15. The van der Waals surface area contributed by atoms with E-state index in [1.807, 2.05) is 0 Å². The Labute approximate surface area is 403 Å². The topological polar surface area (TPSA) is 19.7 Å². The highest BCUT2D eigenvalue weighted by Gasteiger charge is 2.23. The minimum Gasteiger partial charge on any atom is -0.309 e. The monoisotopic (exact) mass is 890 g/mol. The van der Waals surface area contributed by atoms with Crippen LogP contribution < -0.4 is 0 Å². The van der Waals surface area contributed by atoms with E-state index in [1.165, 1.54) is 87.1 Å². The van der Waals surface area contributed by atoms with E-state index in [-0.39, 0.29) is 0 Å². The summed E-state index contributed by atoms with van der Waals surface area (Å²) in [5.74, 6) is 0. The standard InChI is InChI=1S/C66H42N4/c1-3-21-47(22-4-1)67-59-31-13-11-27-55(59)57-41-49(33-35-61(57)67)69-63-37-46-40-66(54-30-16-20-44-18-8-10-26-52(44)54)70(64(46)38-45(63)39-65(69)53-29-15-19-43-17-7-9-25-51(43)53)50-34-36-62-58(42-50)56-28-12-14-32-60(56)68(62)48-23-5-2-6-24-48/h1-42H. The molecule has 0 fully saturated rings. The third-order valence-electron chi connectivity index (χ3n) is 14.7. The smallest absolute Gasteiger partial charge is 0.0547 e. The highest BCUT2D eigenvalue weighted by Crippen LogP contribution is 2.43. The van der Waals surface area contributed by atoms with Gasteiger partial charge in [0.2, 0.25) is 0 Å². The van der Waals surface area contributed by atoms with Crippen LogP contribution in [0.5, 0.6) is 0 Å². The summed E-state index contributed by atoms with van der Waals surface area (Å²) < 4.78 is 9.80. The van der Waals surface area contributed by atoms with Crippen molar-refractivity contribution in [3.63, 3.8) is 0 Å². The van der Waals surface area contributed by atoms with E-state index >= 15 is 0 Å². The van der Waals surface area contributed by atoms with Crippen LogP contribution in [0.4, 0.5) is 0 Å². The van der Waals surface area contributed by atoms with Crippen LogP contribution in [0, 0.1) is 0 Å². The molecular formula is C66H42N4. The normalized spacial score (nSPS) is 12.0. The Bertz CT molecular complexity index is 4280. The zero-order valence-electron chi connectivity index (χ0n) is 38.0. The summed E-state index contributed by atoms with van der Waals surface area (Å²) in [6.45, 7) is 0. The van der Waals surface area contributed by atoms with Crippen LogP contribution in [0.25, 0.3) is 132 Å². The number of fused-ring (bicyclic) bond motifs is 10. The average molecular weight is 891 g/mol. The molecule has 326 valence electrons. The second kappa shape index (κ2) is 15.1. The quantitative estimate of drug-likeness (QED) is 0.158. The Hall–Kier alpha value is -9.38. The van der Waals surface area contributed by atoms with Crippen LogP contribution in [0.15, 0.2) is 255 Å². The molecule has 4 nitrogen and oxygen atoms in total. The van der Waals surface area contributed by atoms with Crippen molar-refractivity contribution in [3.8, 4) is 45.3 Å². The van der Waals surface area contributed by atoms with Gasteiger partial charge in [0.05, 0.1) is 44.5 Å². The number of para-hydroxylation sites is 4. The summed E-state index contributed by atoms with van der Waals surface area (Å²) in [7, 11) is 0. The first-order valence-electron chi connectivity index (χ1n) is 24.1. The molecule has 70 heavy (non-hydrogen) atoms. The molecule has 0 spiro atoms. The van der Waals surface area contributed by atoms with Crippen LogP contribution >= 0.6 is 0 Å². The SMILES string of the molecule is c1ccc(-n2c3ccccc3c3cc(-n4c(-c5cccc6ccccc56)cc5cc6c(cc(-c7cccc8ccccc78)n6-c6ccc7c(c6)c6ccccc6n7-c6ccccc6)cc54)ccc32)cc1. The number of hydrogen-bond donors (Lipinski definition) is 0. The van der Waals surface area contributed by atoms with Gasteiger partial charge in [0.15, 0.2) is 0 Å². The largest absolute Gasteiger partial charge is 0.309 e. The third-order valence-corrected chi connectivity index (χ3v) is 14.7. The summed E-state index contributed by atoms with van der Waals surface area (Å²) in [4.78, 5) is 0. The zero-order chi connectivity index (χ0) is 45.9. The first-order valence-corrected chi connectivity index (χ1v) is 24.1. The van der Waals surface area contributed by atoms with E-state index in [2.05, 4.69) is 273 Å². The van der Waals surface area contributed by atoms with Gasteiger partial charge in [-0.25, -0.2) is 0 Å². The molecule has 0 N–H and O–H groups in total. The minimum atomic E-state index is 1.12. The summed E-state index contributed by atoms with van der Waals surface area (Å²) in [6.07, 6.45) is 0. The first kappa shape index (κ1) is 38.7. The van der Waals surface area contributed by atoms with Crippen molar-refractivity contribution < 1.29 is 0 Å². The molecule has 4 aromatic heterocycles. The number of benzene rings is 11. The van der Waals surface area contributed by atoms with Gasteiger partial charge in [0.1, 0.15) is 0 Å². The maximum absolute atomic E-state index is 2.50. The molecular weight excluding hydrogens is 849 g/mol. The predicted molar refractivity (Wildman–Crippen MR) is 295 cm³/mol. The van der Waals surface area contributed by atoms with Gasteiger partial charge < -0.3 is 18.3 Å². The second-order valence-corrected chi connectivity index (χ2v) is 18.5. The molecule has 15 aromatic rings. The van der Waals surface area contributed by atoms with Crippen molar-refractivity contribution in [2.45, 2.75) is 0 Å². The van der Waals surface area contributed by atoms with Gasteiger partial charge in [-0.3, -0.25) is 0 Å². The van der Waals surface area contributed by atoms with Gasteiger partial charge >= 0.3 is 0 Å². The fourth-order valence-corrected chi connectivity index (χ4v) is 11.7. The minimum absolute atomic E-state index is 1.12. The highest BCUT2D eigenvalue weighted by molar-refractivity contribution is 6.13. The van der Waals surface area contributed by atoms with Crippen LogP contribution in [0.3, 0.4) is 0 Å². The molecule has 0 aliphatic rings. The van der Waals surface area contributed by atoms with Gasteiger partial charge in [-0.2, -0.15) is 0 Å². The molecule has 0 amide bonds. The number of hydrogen-bond acceptors (Lipinski definition) is 0. The lowest BCUT2D eigenvalue weighted by Crippen LogP contribution is -1.99. The molecule has 0 atom stereocenters. The van der Waals surface area contributed by atoms with Crippen molar-refractivity contribution in [2.24, 2.45) is 0 Å². The highest BCUT2D eigenvalue weighted by atomic mass is 15.0. The van der Waals surface area contributed by atoms with E-state index in [1.54, 1.807) is 0 Å². The van der Waals surface area contributed by atoms with E-state index in [0.29, 0.717) is 0 Å². The van der Waals surface area contributed by atoms with Crippen LogP contribution in [-0.2, 0) is 0 Å². The molecule has 0 radical (unpaired) electrons. The number of aromatic nitrogens is 4. The van der Waals surface area contributed by atoms with E-state index in [0.717, 1.165) is 45.2 Å². The molecule has 4 heteroatoms. The fourth-order valence-electron chi connectivity index (χ4n) is 11.7. The molecule has 0 saturated heterocycles. The molecule has 0 saturated carbocycles. The lowest BCUT2D eigenvalue weighted by molar-refractivity contribution is 1.13. The van der Waals surface area contributed by atoms with Crippen molar-refractivity contribution in [1.82, 2.24) is 18.3 Å². The van der Waals surface area contributed by atoms with Crippen LogP contribution in [-0.4, -0.2) is 18.3 Å². The first-order chi connectivity index (χ1) is 34.7. The second-order valence-electron chi connectivity index (χ2n) is 18.5. The Kier molecular flexibility index (Phi) is 8.33. The number of nitrogens with zero attached hydrogens (tertiary/aromatic N) is 4. The predicted octanol–water partition coefficient (Wildman–Crippen LogP) is 17.4. The molecule has 0 bridgehead atoms. The molecule has 0 aliphatic heterocycles. The van der Waals surface area contributed by atoms with Gasteiger partial charge in [0, 0.05) is 66.2 Å². The van der Waals surface area contributed by atoms with Gasteiger partial charge in [-0.15, -0.1) is 0 Å². The molecule has 4 heterocycles. The van der Waals surface area contributed by atoms with Gasteiger partial charge in [-0.1, -0.05) is 158 Å². The summed E-state index contributed by atoms with van der Waals surface area (Å²) in [6, 6.07) is 93.7. The fraction of sp³-hybridized carbons (Fsp3) is 0. The molecule has 15 rings (SSSR count). The lowest BCUT2D eigenvalue weighted by atomic mass is 10.0. The van der Waals surface area contributed by atoms with Gasteiger partial charge in [0.25, 0.3) is 0 Å². The van der Waals surface area contributed by atoms with Crippen LogP contribution in [0.1, 0.15) is 0 Å². The van der Waals surface area contributed by atoms with E-state index in [9.17, 15) is 0 Å². The summed E-state index contributed by atoms with van der Waals surface area (Å²) >= 11 is 0. The van der Waals surface area contributed by atoms with E-state index in [4.69, 9.17) is 0 Å². The summed E-state index contributed by atoms with van der Waals surface area (Å²) in [5.41, 5.74) is 16.3. The van der Waals surface area contributed by atoms with Crippen molar-refractivity contribution in [1.29, 1.82) is 0 Å². The van der Waals surface area contributed by atoms with Crippen molar-refractivity contribution in [3.05, 3.63) is 255 Å². The van der Waals surface area contributed by atoms with Crippen molar-refractivity contribution >= 4 is 87.0 Å². The Morgan fingerprint density at radius 3 is 1.01 bits per heavy atom. The summed E-state index contributed by atoms with van der Waals surface area (Å²) in [5, 5.41) is 12.1. The average Bonchev–Trinajstić information content (AvgIpc) is 4.17. The zero-order valence-corrected chi connectivity index (χ0v) is 38.0. The Morgan fingerprint density at radius 2 is 0.557 bits per heavy atom. The molecule has 0 aliphatic carbocycles. The van der Waals surface area contributed by atoms with Crippen molar-refractivity contribution in [2.75, 3.05) is 0 Å². The maximum Gasteiger partial charge on any atom is 0.0547 e. The molecule has 0 unspecified atom stereocenters. The molecule has 11 aromatic carbocycles. The van der Waals surface area contributed by atoms with Gasteiger partial charge in [-0.05, 0) is 119 Å². The Balaban J connectivity index is 1.03. The van der Waals surface area contributed by atoms with E-state index < -0.39 is 0 Å². The van der Waals surface area contributed by atoms with Crippen LogP contribution in [0.2, 0.25) is 0 Å².